The monoisotopic (exact) mass is 463 g/mol. The van der Waals surface area contributed by atoms with Gasteiger partial charge in [0.1, 0.15) is 11.6 Å². The Labute approximate surface area is 190 Å². The van der Waals surface area contributed by atoms with E-state index in [1.54, 1.807) is 0 Å². The summed E-state index contributed by atoms with van der Waals surface area (Å²) in [6.45, 7) is 13.6. The minimum absolute atomic E-state index is 0.0301. The predicted molar refractivity (Wildman–Crippen MR) is 125 cm³/mol. The van der Waals surface area contributed by atoms with Crippen LogP contribution in [-0.4, -0.2) is 58.0 Å². The number of hydrogen-bond donors (Lipinski definition) is 0. The van der Waals surface area contributed by atoms with Crippen LogP contribution in [-0.2, 0) is 9.22 Å². The van der Waals surface area contributed by atoms with Crippen LogP contribution >= 0.6 is 0 Å². The Morgan fingerprint density at radius 2 is 1.91 bits per heavy atom. The van der Waals surface area contributed by atoms with Crippen LogP contribution in [0.5, 0.6) is 11.5 Å². The molecule has 1 amide bonds. The van der Waals surface area contributed by atoms with Gasteiger partial charge in [-0.1, -0.05) is 20.8 Å². The summed E-state index contributed by atoms with van der Waals surface area (Å²) >= 11 is 0. The molecule has 0 saturated carbocycles. The number of ether oxygens (including phenoxy) is 2. The molecule has 176 valence electrons. The lowest BCUT2D eigenvalue weighted by Gasteiger charge is -2.36. The van der Waals surface area contributed by atoms with Crippen molar-refractivity contribution in [3.8, 4) is 17.6 Å². The predicted octanol–water partition coefficient (Wildman–Crippen LogP) is 4.39. The molecule has 1 rings (SSSR count). The summed E-state index contributed by atoms with van der Waals surface area (Å²) in [6, 6.07) is 4.63. The van der Waals surface area contributed by atoms with Gasteiger partial charge in [0, 0.05) is 19.2 Å². The van der Waals surface area contributed by atoms with Crippen molar-refractivity contribution in [3.63, 3.8) is 0 Å². The van der Waals surface area contributed by atoms with Gasteiger partial charge >= 0.3 is 5.69 Å². The fourth-order valence-corrected chi connectivity index (χ4v) is 3.73. The first-order valence-corrected chi connectivity index (χ1v) is 13.2. The van der Waals surface area contributed by atoms with Gasteiger partial charge in [0.2, 0.25) is 5.75 Å². The van der Waals surface area contributed by atoms with Gasteiger partial charge in [-0.15, -0.1) is 0 Å². The number of hydrogen-bond acceptors (Lipinski definition) is 7. The van der Waals surface area contributed by atoms with Crippen LogP contribution in [0.4, 0.5) is 5.69 Å². The van der Waals surface area contributed by atoms with Gasteiger partial charge in [0.25, 0.3) is 5.91 Å². The Morgan fingerprint density at radius 1 is 1.28 bits per heavy atom. The second-order valence-corrected chi connectivity index (χ2v) is 13.5. The largest absolute Gasteiger partial charge is 0.493 e. The number of likely N-dealkylation sites (N-methyl/N-ethyl adjacent to an activating group) is 1. The molecule has 0 aliphatic heterocycles. The average molecular weight is 464 g/mol. The van der Waals surface area contributed by atoms with E-state index in [2.05, 4.69) is 33.9 Å². The number of methoxy groups -OCH3 is 2. The number of nitro benzene ring substituents is 1. The van der Waals surface area contributed by atoms with E-state index in [4.69, 9.17) is 13.9 Å². The molecule has 0 unspecified atom stereocenters. The average Bonchev–Trinajstić information content (AvgIpc) is 2.72. The maximum absolute atomic E-state index is 13.0. The minimum atomic E-state index is -1.96. The molecule has 9 nitrogen and oxygen atoms in total. The molecule has 0 aromatic heterocycles. The van der Waals surface area contributed by atoms with Crippen LogP contribution in [0, 0.1) is 21.4 Å². The molecule has 10 heteroatoms. The lowest BCUT2D eigenvalue weighted by molar-refractivity contribution is -0.385. The number of carbonyl (C=O) groups excluding carboxylic acids is 1. The normalized spacial score (nSPS) is 12.2. The van der Waals surface area contributed by atoms with E-state index in [1.165, 1.54) is 37.3 Å². The molecule has 0 aliphatic rings. The Bertz CT molecular complexity index is 915. The van der Waals surface area contributed by atoms with Gasteiger partial charge in [-0.05, 0) is 42.8 Å². The van der Waals surface area contributed by atoms with Crippen molar-refractivity contribution < 1.29 is 23.6 Å². The molecule has 0 aliphatic carbocycles. The van der Waals surface area contributed by atoms with E-state index in [0.717, 1.165) is 0 Å². The molecule has 0 saturated heterocycles. The van der Waals surface area contributed by atoms with Gasteiger partial charge in [-0.25, -0.2) is 0 Å². The number of amides is 1. The number of benzene rings is 1. The van der Waals surface area contributed by atoms with Crippen molar-refractivity contribution in [1.82, 2.24) is 4.90 Å². The molecular formula is C22H33N3O6Si. The van der Waals surface area contributed by atoms with Crippen LogP contribution in [0.1, 0.15) is 33.3 Å². The van der Waals surface area contributed by atoms with Crippen LogP contribution in [0.15, 0.2) is 17.7 Å². The van der Waals surface area contributed by atoms with Gasteiger partial charge in [0.15, 0.2) is 14.1 Å². The van der Waals surface area contributed by atoms with Gasteiger partial charge in [0.05, 0.1) is 25.7 Å². The van der Waals surface area contributed by atoms with Crippen LogP contribution in [0.2, 0.25) is 18.1 Å². The third-order valence-corrected chi connectivity index (χ3v) is 10.2. The van der Waals surface area contributed by atoms with Crippen molar-refractivity contribution in [3.05, 3.63) is 33.4 Å². The first-order chi connectivity index (χ1) is 14.8. The summed E-state index contributed by atoms with van der Waals surface area (Å²) < 4.78 is 16.4. The quantitative estimate of drug-likeness (QED) is 0.166. The lowest BCUT2D eigenvalue weighted by Crippen LogP contribution is -2.43. The van der Waals surface area contributed by atoms with E-state index in [0.29, 0.717) is 19.7 Å². The third kappa shape index (κ3) is 6.55. The highest BCUT2D eigenvalue weighted by Crippen LogP contribution is 2.38. The van der Waals surface area contributed by atoms with Crippen molar-refractivity contribution in [2.75, 3.05) is 33.9 Å². The van der Waals surface area contributed by atoms with E-state index < -0.39 is 19.1 Å². The number of rotatable bonds is 10. The van der Waals surface area contributed by atoms with Crippen LogP contribution in [0.3, 0.4) is 0 Å². The summed E-state index contributed by atoms with van der Waals surface area (Å²) in [5.41, 5.74) is -0.175. The number of nitriles is 1. The number of carbonyl (C=O) groups is 1. The Hall–Kier alpha value is -2.90. The molecule has 0 spiro atoms. The second kappa shape index (κ2) is 11.1. The molecule has 1 aromatic carbocycles. The first-order valence-electron chi connectivity index (χ1n) is 10.3. The van der Waals surface area contributed by atoms with E-state index in [1.807, 2.05) is 13.0 Å². The molecule has 1 aromatic rings. The van der Waals surface area contributed by atoms with Crippen molar-refractivity contribution in [2.45, 2.75) is 45.8 Å². The van der Waals surface area contributed by atoms with Crippen molar-refractivity contribution >= 4 is 26.0 Å². The standard InChI is InChI=1S/C22H33N3O6Si/c1-9-24(10-11-31-32(7,8)22(2,3)4)21(26)17(15-23)12-16-13-18(25(27)28)20(30-6)19(14-16)29-5/h12-14H,9-11H2,1-8H3/b17-12+. The van der Waals surface area contributed by atoms with Crippen LogP contribution in [0.25, 0.3) is 6.08 Å². The van der Waals surface area contributed by atoms with E-state index in [9.17, 15) is 20.2 Å². The maximum atomic E-state index is 13.0. The highest BCUT2D eigenvalue weighted by Gasteiger charge is 2.37. The Morgan fingerprint density at radius 3 is 2.34 bits per heavy atom. The number of nitro groups is 1. The van der Waals surface area contributed by atoms with Gasteiger partial charge in [-0.2, -0.15) is 5.26 Å². The SMILES string of the molecule is CCN(CCO[Si](C)(C)C(C)(C)C)C(=O)/C(C#N)=C/c1cc(OC)c(OC)c([N+](=O)[O-])c1. The molecule has 0 N–H and O–H groups in total. The molecule has 0 radical (unpaired) electrons. The minimum Gasteiger partial charge on any atom is -0.493 e. The smallest absolute Gasteiger partial charge is 0.315 e. The molecular weight excluding hydrogens is 430 g/mol. The zero-order valence-corrected chi connectivity index (χ0v) is 21.1. The third-order valence-electron chi connectivity index (χ3n) is 5.64. The Kier molecular flexibility index (Phi) is 9.42. The maximum Gasteiger partial charge on any atom is 0.315 e. The summed E-state index contributed by atoms with van der Waals surface area (Å²) in [5.74, 6) is -0.364. The molecule has 0 fully saturated rings. The molecule has 32 heavy (non-hydrogen) atoms. The van der Waals surface area contributed by atoms with E-state index in [-0.39, 0.29) is 33.4 Å². The van der Waals surface area contributed by atoms with Crippen molar-refractivity contribution in [2.24, 2.45) is 0 Å². The molecule has 0 heterocycles. The molecule has 0 bridgehead atoms. The second-order valence-electron chi connectivity index (χ2n) is 8.70. The Balaban J connectivity index is 3.16. The van der Waals surface area contributed by atoms with Gasteiger partial charge < -0.3 is 18.8 Å². The zero-order valence-electron chi connectivity index (χ0n) is 20.1. The first kappa shape index (κ1) is 27.1. The highest BCUT2D eigenvalue weighted by atomic mass is 28.4. The lowest BCUT2D eigenvalue weighted by atomic mass is 10.1. The summed E-state index contributed by atoms with van der Waals surface area (Å²) in [4.78, 5) is 25.3. The fraction of sp³-hybridized carbons (Fsp3) is 0.545. The highest BCUT2D eigenvalue weighted by molar-refractivity contribution is 6.74. The number of nitrogens with zero attached hydrogens (tertiary/aromatic N) is 3. The summed E-state index contributed by atoms with van der Waals surface area (Å²) in [5, 5.41) is 21.1. The summed E-state index contributed by atoms with van der Waals surface area (Å²) in [6.07, 6.45) is 1.31. The van der Waals surface area contributed by atoms with Crippen molar-refractivity contribution in [1.29, 1.82) is 5.26 Å². The molecule has 0 atom stereocenters. The fourth-order valence-electron chi connectivity index (χ4n) is 2.69. The topological polar surface area (TPSA) is 115 Å². The van der Waals surface area contributed by atoms with E-state index >= 15 is 0 Å². The summed E-state index contributed by atoms with van der Waals surface area (Å²) in [7, 11) is 0.695. The zero-order chi connectivity index (χ0) is 24.7. The van der Waals surface area contributed by atoms with Gasteiger partial charge in [-0.3, -0.25) is 14.9 Å². The van der Waals surface area contributed by atoms with Crippen LogP contribution < -0.4 is 9.47 Å².